The first-order chi connectivity index (χ1) is 13.0. The summed E-state index contributed by atoms with van der Waals surface area (Å²) in [5.41, 5.74) is 1.73. The molecular weight excluding hydrogens is 349 g/mol. The summed E-state index contributed by atoms with van der Waals surface area (Å²) in [7, 11) is 0. The number of rotatable bonds is 6. The number of halogens is 1. The van der Waals surface area contributed by atoms with Crippen molar-refractivity contribution in [3.63, 3.8) is 0 Å². The summed E-state index contributed by atoms with van der Waals surface area (Å²) in [5, 5.41) is 10.2. The van der Waals surface area contributed by atoms with Crippen molar-refractivity contribution in [1.82, 2.24) is 0 Å². The molecule has 1 aliphatic carbocycles. The predicted molar refractivity (Wildman–Crippen MR) is 99.5 cm³/mol. The first-order valence-corrected chi connectivity index (χ1v) is 8.80. The fourth-order valence-electron chi connectivity index (χ4n) is 3.19. The topological polar surface area (TPSA) is 66.8 Å². The van der Waals surface area contributed by atoms with Crippen molar-refractivity contribution in [2.75, 3.05) is 11.7 Å². The second-order valence-electron chi connectivity index (χ2n) is 6.17. The number of nitrogens with zero attached hydrogens (tertiary/aromatic N) is 1. The van der Waals surface area contributed by atoms with Gasteiger partial charge in [-0.3, -0.25) is 9.63 Å². The summed E-state index contributed by atoms with van der Waals surface area (Å²) in [5.74, 6) is -2.36. The molecule has 6 heteroatoms. The quantitative estimate of drug-likeness (QED) is 0.769. The summed E-state index contributed by atoms with van der Waals surface area (Å²) < 4.78 is 14.8. The number of carbonyl (C=O) groups excluding carboxylic acids is 1. The van der Waals surface area contributed by atoms with E-state index in [1.54, 1.807) is 13.0 Å². The molecule has 0 heterocycles. The molecule has 2 aromatic carbocycles. The van der Waals surface area contributed by atoms with E-state index in [1.165, 1.54) is 12.1 Å². The van der Waals surface area contributed by atoms with E-state index >= 15 is 0 Å². The second kappa shape index (κ2) is 8.14. The summed E-state index contributed by atoms with van der Waals surface area (Å²) in [6.45, 7) is 1.82. The maximum Gasteiger partial charge on any atom is 0.332 e. The zero-order chi connectivity index (χ0) is 19.4. The van der Waals surface area contributed by atoms with E-state index in [1.807, 2.05) is 30.3 Å². The summed E-state index contributed by atoms with van der Waals surface area (Å²) in [6.07, 6.45) is 1.25. The Hall–Kier alpha value is -2.99. The number of hydroxylamine groups is 1. The number of hydrogen-bond acceptors (Lipinski definition) is 3. The molecular formula is C21H20FNO4. The lowest BCUT2D eigenvalue weighted by Crippen LogP contribution is -2.33. The molecule has 0 spiro atoms. The molecule has 0 aromatic heterocycles. The van der Waals surface area contributed by atoms with E-state index in [0.29, 0.717) is 24.8 Å². The van der Waals surface area contributed by atoms with Gasteiger partial charge < -0.3 is 5.11 Å². The van der Waals surface area contributed by atoms with Gasteiger partial charge in [-0.05, 0) is 49.4 Å². The van der Waals surface area contributed by atoms with E-state index in [4.69, 9.17) is 4.84 Å². The number of carboxylic acid groups (broad SMARTS) is 1. The standard InChI is InChI=1S/C21H20FNO4/c1-2-27-23(20(24)16-9-6-10-17(16)21(25)26)19-12-11-15(13-18(19)22)14-7-4-3-5-8-14/h3-5,7-8,11-13H,2,6,9-10H2,1H3,(H,25,26). The van der Waals surface area contributed by atoms with Crippen molar-refractivity contribution in [2.24, 2.45) is 0 Å². The second-order valence-corrected chi connectivity index (χ2v) is 6.17. The normalized spacial score (nSPS) is 13.7. The number of hydrogen-bond donors (Lipinski definition) is 1. The van der Waals surface area contributed by atoms with Crippen LogP contribution in [-0.2, 0) is 14.4 Å². The zero-order valence-corrected chi connectivity index (χ0v) is 14.9. The van der Waals surface area contributed by atoms with Crippen LogP contribution in [0.1, 0.15) is 26.2 Å². The Morgan fingerprint density at radius 2 is 1.78 bits per heavy atom. The van der Waals surface area contributed by atoms with Gasteiger partial charge in [0.2, 0.25) is 0 Å². The molecule has 0 radical (unpaired) electrons. The van der Waals surface area contributed by atoms with E-state index in [2.05, 4.69) is 0 Å². The fraction of sp³-hybridized carbons (Fsp3) is 0.238. The summed E-state index contributed by atoms with van der Waals surface area (Å²) in [4.78, 5) is 29.6. The van der Waals surface area contributed by atoms with Gasteiger partial charge in [0.15, 0.2) is 0 Å². The minimum atomic E-state index is -1.12. The molecule has 1 aliphatic rings. The Morgan fingerprint density at radius 1 is 1.07 bits per heavy atom. The van der Waals surface area contributed by atoms with Crippen LogP contribution < -0.4 is 5.06 Å². The highest BCUT2D eigenvalue weighted by molar-refractivity contribution is 6.09. The molecule has 0 saturated heterocycles. The van der Waals surface area contributed by atoms with Crippen LogP contribution in [0.25, 0.3) is 11.1 Å². The third kappa shape index (κ3) is 3.90. The highest BCUT2D eigenvalue weighted by atomic mass is 19.1. The average Bonchev–Trinajstić information content (AvgIpc) is 3.17. The van der Waals surface area contributed by atoms with Crippen LogP contribution in [0.15, 0.2) is 59.7 Å². The Bertz CT molecular complexity index is 892. The molecule has 0 bridgehead atoms. The van der Waals surface area contributed by atoms with Crippen molar-refractivity contribution in [1.29, 1.82) is 0 Å². The van der Waals surface area contributed by atoms with Crippen LogP contribution in [0.5, 0.6) is 0 Å². The highest BCUT2D eigenvalue weighted by Crippen LogP contribution is 2.32. The van der Waals surface area contributed by atoms with Crippen LogP contribution in [0.2, 0.25) is 0 Å². The zero-order valence-electron chi connectivity index (χ0n) is 14.9. The van der Waals surface area contributed by atoms with Crippen LogP contribution in [0, 0.1) is 5.82 Å². The highest BCUT2D eigenvalue weighted by Gasteiger charge is 2.31. The molecule has 140 valence electrons. The van der Waals surface area contributed by atoms with Crippen molar-refractivity contribution in [2.45, 2.75) is 26.2 Å². The number of anilines is 1. The summed E-state index contributed by atoms with van der Waals surface area (Å²) >= 11 is 0. The minimum absolute atomic E-state index is 0.0364. The van der Waals surface area contributed by atoms with Crippen LogP contribution in [0.3, 0.4) is 0 Å². The number of amides is 1. The third-order valence-electron chi connectivity index (χ3n) is 4.45. The van der Waals surface area contributed by atoms with Crippen molar-refractivity contribution in [3.8, 4) is 11.1 Å². The molecule has 0 saturated carbocycles. The molecule has 0 aliphatic heterocycles. The van der Waals surface area contributed by atoms with Gasteiger partial charge in [-0.2, -0.15) is 5.06 Å². The van der Waals surface area contributed by atoms with Gasteiger partial charge >= 0.3 is 5.97 Å². The van der Waals surface area contributed by atoms with Gasteiger partial charge in [-0.1, -0.05) is 36.4 Å². The number of carbonyl (C=O) groups is 2. The maximum absolute atomic E-state index is 14.8. The lowest BCUT2D eigenvalue weighted by molar-refractivity contribution is -0.133. The van der Waals surface area contributed by atoms with E-state index in [-0.39, 0.29) is 23.4 Å². The molecule has 1 amide bonds. The van der Waals surface area contributed by atoms with Crippen LogP contribution >= 0.6 is 0 Å². The first-order valence-electron chi connectivity index (χ1n) is 8.80. The number of benzene rings is 2. The third-order valence-corrected chi connectivity index (χ3v) is 4.45. The van der Waals surface area contributed by atoms with Gasteiger partial charge in [0.25, 0.3) is 5.91 Å². The van der Waals surface area contributed by atoms with Gasteiger partial charge in [-0.15, -0.1) is 0 Å². The minimum Gasteiger partial charge on any atom is -0.478 e. The molecule has 0 atom stereocenters. The van der Waals surface area contributed by atoms with Crippen molar-refractivity contribution in [3.05, 3.63) is 65.5 Å². The van der Waals surface area contributed by atoms with Crippen molar-refractivity contribution >= 4 is 17.6 Å². The fourth-order valence-corrected chi connectivity index (χ4v) is 3.19. The molecule has 0 fully saturated rings. The average molecular weight is 369 g/mol. The van der Waals surface area contributed by atoms with Crippen LogP contribution in [0.4, 0.5) is 10.1 Å². The Balaban J connectivity index is 1.97. The molecule has 27 heavy (non-hydrogen) atoms. The van der Waals surface area contributed by atoms with Gasteiger partial charge in [0, 0.05) is 11.1 Å². The van der Waals surface area contributed by atoms with E-state index in [0.717, 1.165) is 10.6 Å². The van der Waals surface area contributed by atoms with Crippen molar-refractivity contribution < 1.29 is 23.9 Å². The maximum atomic E-state index is 14.8. The van der Waals surface area contributed by atoms with E-state index < -0.39 is 17.7 Å². The smallest absolute Gasteiger partial charge is 0.332 e. The van der Waals surface area contributed by atoms with Crippen LogP contribution in [-0.4, -0.2) is 23.6 Å². The molecule has 3 rings (SSSR count). The van der Waals surface area contributed by atoms with Gasteiger partial charge in [0.1, 0.15) is 11.5 Å². The van der Waals surface area contributed by atoms with Gasteiger partial charge in [-0.25, -0.2) is 9.18 Å². The largest absolute Gasteiger partial charge is 0.478 e. The molecule has 0 unspecified atom stereocenters. The Labute approximate surface area is 156 Å². The van der Waals surface area contributed by atoms with E-state index in [9.17, 15) is 19.1 Å². The molecule has 5 nitrogen and oxygen atoms in total. The summed E-state index contributed by atoms with van der Waals surface area (Å²) in [6, 6.07) is 13.8. The van der Waals surface area contributed by atoms with Gasteiger partial charge in [0.05, 0.1) is 6.61 Å². The number of aliphatic carboxylic acids is 1. The lowest BCUT2D eigenvalue weighted by atomic mass is 10.0. The molecule has 2 aromatic rings. The SMILES string of the molecule is CCON(C(=O)C1=C(C(=O)O)CCC1)c1ccc(-c2ccccc2)cc1F. The predicted octanol–water partition coefficient (Wildman–Crippen LogP) is 4.34. The first kappa shape index (κ1) is 18.8. The Morgan fingerprint density at radius 3 is 2.41 bits per heavy atom. The Kier molecular flexibility index (Phi) is 5.66. The lowest BCUT2D eigenvalue weighted by Gasteiger charge is -2.23. The monoisotopic (exact) mass is 369 g/mol. The number of carboxylic acids is 1. The molecule has 1 N–H and O–H groups in total.